The lowest BCUT2D eigenvalue weighted by Gasteiger charge is -2.45. The zero-order chi connectivity index (χ0) is 64.9. The highest BCUT2D eigenvalue weighted by Crippen LogP contribution is 2.55. The van der Waals surface area contributed by atoms with Gasteiger partial charge in [0.25, 0.3) is 0 Å². The fourth-order valence-corrected chi connectivity index (χ4v) is 13.9. The van der Waals surface area contributed by atoms with E-state index in [-0.39, 0.29) is 140 Å². The molecule has 2 saturated carbocycles. The Labute approximate surface area is 513 Å². The van der Waals surface area contributed by atoms with Gasteiger partial charge < -0.3 is 76.4 Å². The van der Waals surface area contributed by atoms with Crippen LogP contribution in [0.25, 0.3) is 0 Å². The van der Waals surface area contributed by atoms with Crippen LogP contribution >= 0.6 is 0 Å². The Morgan fingerprint density at radius 2 is 1.00 bits per heavy atom. The Bertz CT molecular complexity index is 3420. The van der Waals surface area contributed by atoms with E-state index < -0.39 is 118 Å². The van der Waals surface area contributed by atoms with Crippen molar-refractivity contribution >= 4 is 34.9 Å². The number of amides is 2. The van der Waals surface area contributed by atoms with Crippen molar-refractivity contribution in [2.24, 2.45) is 29.1 Å². The molecular formula is C64H82N6O19. The zero-order valence-corrected chi connectivity index (χ0v) is 50.6. The Hall–Kier alpha value is -7.14. The van der Waals surface area contributed by atoms with Crippen LogP contribution in [0.2, 0.25) is 0 Å². The molecule has 25 heteroatoms. The molecule has 0 aromatic heterocycles. The number of hydrogen-bond donors (Lipinski definition) is 15. The molecule has 0 spiro atoms. The highest BCUT2D eigenvalue weighted by Gasteiger charge is 2.52. The van der Waals surface area contributed by atoms with Gasteiger partial charge in [-0.15, -0.1) is 0 Å². The number of rotatable bonds is 17. The smallest absolute Gasteiger partial charge is 0.234 e. The first-order chi connectivity index (χ1) is 42.1. The van der Waals surface area contributed by atoms with E-state index in [4.69, 9.17) is 36.3 Å². The van der Waals surface area contributed by atoms with Crippen molar-refractivity contribution in [3.05, 3.63) is 103 Å². The first kappa shape index (κ1) is 66.3. The van der Waals surface area contributed by atoms with Crippen LogP contribution in [0, 0.1) is 11.8 Å². The summed E-state index contributed by atoms with van der Waals surface area (Å²) in [7, 11) is 2.72. The van der Waals surface area contributed by atoms with Crippen molar-refractivity contribution in [2.75, 3.05) is 14.2 Å². The van der Waals surface area contributed by atoms with Crippen LogP contribution in [-0.4, -0.2) is 155 Å². The lowest BCUT2D eigenvalue weighted by Crippen LogP contribution is -2.58. The van der Waals surface area contributed by atoms with Crippen LogP contribution in [0.15, 0.2) is 36.4 Å². The zero-order valence-electron chi connectivity index (χ0n) is 50.6. The standard InChI is InChI=1S/C36H49N5O10.C28H33NO9/c1-17-13-19(14-22(37)31(17)44)51-24-16-36(49,18(2)40-41-26(43)12-7-5-4-6-11-25(42)39-38)15-21-28(24)35(48)30-29(33(21)46)32(45)20-9-8-10-23(50-3)27(20)34(30)47;1-11-7-13(8-16(29)23(11)31)38-18-10-28(36,12(2)30)9-15-20(18)27(35)22-21(25(15)33)24(32)14-5-4-6-17(37-3)19(14)26(22)34/h8-10,17-19,22,24,31,40,44,46,48-49H,4-7,11-16,37-38H2,1-3H3,(H,39,42)(H,41,43);4-6,11-13,16,18,23,30-31,33,35-36H,7-10,29H2,1-3H3/t17?,18?,19?,22?,24?,31?,36-;11?,12?,13?,16?,18?,23?,28-/m00/s1. The molecule has 0 bridgehead atoms. The summed E-state index contributed by atoms with van der Waals surface area (Å²) in [5, 5.41) is 101. The molecule has 10 rings (SSSR count). The van der Waals surface area contributed by atoms with Crippen LogP contribution in [0.4, 0.5) is 0 Å². The van der Waals surface area contributed by atoms with E-state index in [2.05, 4.69) is 16.3 Å². The summed E-state index contributed by atoms with van der Waals surface area (Å²) in [5.41, 5.74) is 15.2. The first-order valence-corrected chi connectivity index (χ1v) is 30.2. The third-order valence-corrected chi connectivity index (χ3v) is 19.0. The maximum absolute atomic E-state index is 14.0. The highest BCUT2D eigenvalue weighted by atomic mass is 16.5. The number of carbonyl (C=O) groups is 6. The number of ketones is 4. The van der Waals surface area contributed by atoms with Crippen molar-refractivity contribution in [3.63, 3.8) is 0 Å². The quantitative estimate of drug-likeness (QED) is 0.0205. The van der Waals surface area contributed by atoms with Crippen molar-refractivity contribution in [1.29, 1.82) is 0 Å². The number of fused-ring (bicyclic) bond motifs is 6. The first-order valence-electron chi connectivity index (χ1n) is 30.2. The summed E-state index contributed by atoms with van der Waals surface area (Å²) in [6, 6.07) is 7.07. The van der Waals surface area contributed by atoms with Gasteiger partial charge in [-0.1, -0.05) is 51.0 Å². The van der Waals surface area contributed by atoms with Crippen LogP contribution in [-0.2, 0) is 31.9 Å². The molecule has 25 nitrogen and oxygen atoms in total. The summed E-state index contributed by atoms with van der Waals surface area (Å²) in [6.07, 6.45) is -1.93. The number of nitrogens with one attached hydrogen (secondary N) is 3. The molecule has 4 aromatic carbocycles. The lowest BCUT2D eigenvalue weighted by molar-refractivity contribution is -0.137. The molecule has 18 N–H and O–H groups in total. The Morgan fingerprint density at radius 1 is 0.596 bits per heavy atom. The molecule has 12 unspecified atom stereocenters. The molecule has 0 aliphatic heterocycles. The minimum Gasteiger partial charge on any atom is -0.507 e. The number of phenols is 4. The van der Waals surface area contributed by atoms with E-state index in [1.165, 1.54) is 45.4 Å². The van der Waals surface area contributed by atoms with Crippen LogP contribution in [0.1, 0.15) is 203 Å². The number of aliphatic hydroxyl groups is 5. The number of aliphatic hydroxyl groups excluding tert-OH is 3. The Balaban J connectivity index is 0.000000220. The molecule has 6 aliphatic carbocycles. The molecule has 0 heterocycles. The number of hydrazine groups is 2. The van der Waals surface area contributed by atoms with Gasteiger partial charge in [-0.3, -0.25) is 39.6 Å². The number of benzene rings is 4. The predicted octanol–water partition coefficient (Wildman–Crippen LogP) is 2.93. The topological polar surface area (TPSA) is 436 Å². The van der Waals surface area contributed by atoms with Crippen molar-refractivity contribution in [3.8, 4) is 34.5 Å². The molecule has 0 radical (unpaired) electrons. The van der Waals surface area contributed by atoms with Crippen molar-refractivity contribution < 1.29 is 93.7 Å². The summed E-state index contributed by atoms with van der Waals surface area (Å²) in [6.45, 7) is 6.74. The predicted molar refractivity (Wildman–Crippen MR) is 318 cm³/mol. The fraction of sp³-hybridized carbons (Fsp3) is 0.531. The molecule has 89 heavy (non-hydrogen) atoms. The highest BCUT2D eigenvalue weighted by molar-refractivity contribution is 6.32. The molecule has 4 aromatic rings. The summed E-state index contributed by atoms with van der Waals surface area (Å²) >= 11 is 0. The second-order valence-electron chi connectivity index (χ2n) is 25.0. The van der Waals surface area contributed by atoms with Gasteiger partial charge in [-0.2, -0.15) is 0 Å². The summed E-state index contributed by atoms with van der Waals surface area (Å²) < 4.78 is 23.5. The molecule has 482 valence electrons. The number of aromatic hydroxyl groups is 4. The number of phenolic OH excluding ortho intramolecular Hbond substituents is 4. The molecule has 14 atom stereocenters. The second-order valence-corrected chi connectivity index (χ2v) is 25.0. The average Bonchev–Trinajstić information content (AvgIpc) is 0.724. The van der Waals surface area contributed by atoms with E-state index in [1.54, 1.807) is 19.1 Å². The summed E-state index contributed by atoms with van der Waals surface area (Å²) in [5.74, 6) is -0.474. The normalized spacial score (nSPS) is 28.3. The molecule has 6 aliphatic rings. The maximum atomic E-state index is 14.0. The molecule has 2 amide bonds. The molecule has 2 fully saturated rings. The molecule has 0 saturated heterocycles. The Morgan fingerprint density at radius 3 is 1.40 bits per heavy atom. The van der Waals surface area contributed by atoms with Crippen LogP contribution in [0.3, 0.4) is 0 Å². The van der Waals surface area contributed by atoms with Gasteiger partial charge in [0.15, 0.2) is 11.6 Å². The van der Waals surface area contributed by atoms with Gasteiger partial charge in [0.2, 0.25) is 23.4 Å². The van der Waals surface area contributed by atoms with Gasteiger partial charge in [0.05, 0.1) is 108 Å². The lowest BCUT2D eigenvalue weighted by atomic mass is 9.71. The number of carbonyl (C=O) groups excluding carboxylic acids is 6. The number of nitrogens with two attached hydrogens (primary N) is 3. The Kier molecular flexibility index (Phi) is 19.6. The van der Waals surface area contributed by atoms with Gasteiger partial charge in [-0.25, -0.2) is 11.3 Å². The second kappa shape index (κ2) is 26.4. The average molecular weight is 1240 g/mol. The molecular weight excluding hydrogens is 1160 g/mol. The van der Waals surface area contributed by atoms with E-state index >= 15 is 0 Å². The van der Waals surface area contributed by atoms with Gasteiger partial charge in [-0.05, 0) is 76.3 Å². The largest absolute Gasteiger partial charge is 0.507 e. The third kappa shape index (κ3) is 12.5. The van der Waals surface area contributed by atoms with E-state index in [0.29, 0.717) is 38.5 Å². The monoisotopic (exact) mass is 1240 g/mol. The van der Waals surface area contributed by atoms with E-state index in [9.17, 15) is 74.7 Å². The third-order valence-electron chi connectivity index (χ3n) is 19.0. The van der Waals surface area contributed by atoms with E-state index in [1.807, 2.05) is 13.8 Å². The minimum atomic E-state index is -1.75. The van der Waals surface area contributed by atoms with Crippen molar-refractivity contribution in [1.82, 2.24) is 16.3 Å². The SMILES string of the molecule is COc1cccc2c1C(=O)c1c(O)c3c(c(O)c1C2=O)C[C@@](O)(C(C)NNC(=O)CCCCCCC(=O)NN)CC3OC1CC(C)C(O)C(N)C1.COc1cccc2c1C(=O)c1c(O)c3c(c(O)c1C2=O)C[C@@](O)(C(C)O)CC3OC1CC(C)C(O)C(N)C1. The minimum absolute atomic E-state index is 0.00270. The fourth-order valence-electron chi connectivity index (χ4n) is 13.9. The van der Waals surface area contributed by atoms with Crippen LogP contribution in [0.5, 0.6) is 34.5 Å². The number of unbranched alkanes of at least 4 members (excludes halogenated alkanes) is 3. The van der Waals surface area contributed by atoms with Gasteiger partial charge >= 0.3 is 0 Å². The van der Waals surface area contributed by atoms with E-state index in [0.717, 1.165) is 12.8 Å². The maximum Gasteiger partial charge on any atom is 0.234 e. The van der Waals surface area contributed by atoms with Gasteiger partial charge in [0.1, 0.15) is 34.5 Å². The number of ether oxygens (including phenoxy) is 4. The summed E-state index contributed by atoms with van der Waals surface area (Å²) in [4.78, 5) is 78.9. The number of hydrogen-bond acceptors (Lipinski definition) is 23. The number of methoxy groups -OCH3 is 2. The van der Waals surface area contributed by atoms with Crippen LogP contribution < -0.4 is 43.1 Å². The van der Waals surface area contributed by atoms with Crippen molar-refractivity contribution in [2.45, 2.75) is 190 Å². The van der Waals surface area contributed by atoms with Gasteiger partial charge in [0, 0.05) is 84.0 Å².